The molecule has 0 bridgehead atoms. The Morgan fingerprint density at radius 3 is 2.52 bits per heavy atom. The van der Waals surface area contributed by atoms with E-state index in [0.29, 0.717) is 30.3 Å². The minimum Gasteiger partial charge on any atom is -0.341 e. The van der Waals surface area contributed by atoms with Crippen LogP contribution >= 0.6 is 11.6 Å². The van der Waals surface area contributed by atoms with Crippen LogP contribution in [0.15, 0.2) is 18.2 Å². The van der Waals surface area contributed by atoms with Crippen LogP contribution < -0.4 is 5.32 Å². The maximum absolute atomic E-state index is 12.4. The molecule has 1 aromatic carbocycles. The van der Waals surface area contributed by atoms with E-state index in [-0.39, 0.29) is 17.9 Å². The summed E-state index contributed by atoms with van der Waals surface area (Å²) in [7, 11) is 0. The second kappa shape index (κ2) is 6.79. The minimum atomic E-state index is -0.156. The third-order valence-corrected chi connectivity index (χ3v) is 4.70. The molecule has 23 heavy (non-hydrogen) atoms. The van der Waals surface area contributed by atoms with Gasteiger partial charge in [0.25, 0.3) is 0 Å². The Balaban J connectivity index is 1.58. The number of rotatable bonds is 2. The summed E-state index contributed by atoms with van der Waals surface area (Å²) in [6.45, 7) is 4.53. The Labute approximate surface area is 141 Å². The van der Waals surface area contributed by atoms with Crippen molar-refractivity contribution in [3.8, 4) is 0 Å². The number of hydrogen-bond acceptors (Lipinski definition) is 2. The van der Waals surface area contributed by atoms with Crippen molar-refractivity contribution < 1.29 is 9.59 Å². The number of nitrogens with one attached hydrogen (secondary N) is 1. The maximum atomic E-state index is 12.4. The third-order valence-electron chi connectivity index (χ3n) is 4.39. The van der Waals surface area contributed by atoms with Crippen molar-refractivity contribution in [2.24, 2.45) is 5.92 Å². The lowest BCUT2D eigenvalue weighted by Gasteiger charge is -2.22. The van der Waals surface area contributed by atoms with Crippen molar-refractivity contribution in [1.82, 2.24) is 9.80 Å². The van der Waals surface area contributed by atoms with Gasteiger partial charge in [0.05, 0.1) is 10.7 Å². The van der Waals surface area contributed by atoms with Crippen LogP contribution in [0.4, 0.5) is 10.5 Å². The predicted molar refractivity (Wildman–Crippen MR) is 90.7 cm³/mol. The summed E-state index contributed by atoms with van der Waals surface area (Å²) in [5.74, 6) is 0.496. The molecule has 0 unspecified atom stereocenters. The Kier molecular flexibility index (Phi) is 4.76. The van der Waals surface area contributed by atoms with E-state index in [2.05, 4.69) is 5.32 Å². The van der Waals surface area contributed by atoms with Crippen LogP contribution in [0.5, 0.6) is 0 Å². The summed E-state index contributed by atoms with van der Waals surface area (Å²) in [5.41, 5.74) is 1.68. The molecule has 2 fully saturated rings. The molecule has 1 N–H and O–H groups in total. The van der Waals surface area contributed by atoms with Crippen LogP contribution in [0, 0.1) is 12.8 Å². The average molecular weight is 336 g/mol. The third kappa shape index (κ3) is 3.96. The molecule has 6 heteroatoms. The van der Waals surface area contributed by atoms with Gasteiger partial charge in [-0.05, 0) is 43.9 Å². The topological polar surface area (TPSA) is 52.7 Å². The first-order chi connectivity index (χ1) is 11.0. The number of nitrogens with zero attached hydrogens (tertiary/aromatic N) is 2. The molecule has 1 saturated carbocycles. The Morgan fingerprint density at radius 2 is 1.83 bits per heavy atom. The first kappa shape index (κ1) is 16.1. The number of urea groups is 1. The van der Waals surface area contributed by atoms with Crippen LogP contribution in [0.25, 0.3) is 0 Å². The highest BCUT2D eigenvalue weighted by Gasteiger charge is 2.34. The van der Waals surface area contributed by atoms with Crippen molar-refractivity contribution in [1.29, 1.82) is 0 Å². The van der Waals surface area contributed by atoms with Crippen LogP contribution in [0.3, 0.4) is 0 Å². The second-order valence-corrected chi connectivity index (χ2v) is 6.76. The van der Waals surface area contributed by atoms with Gasteiger partial charge in [-0.1, -0.05) is 17.7 Å². The quantitative estimate of drug-likeness (QED) is 0.902. The zero-order valence-corrected chi connectivity index (χ0v) is 14.1. The van der Waals surface area contributed by atoms with E-state index in [0.717, 1.165) is 31.4 Å². The largest absolute Gasteiger partial charge is 0.341 e. The van der Waals surface area contributed by atoms with Gasteiger partial charge in [-0.25, -0.2) is 4.79 Å². The second-order valence-electron chi connectivity index (χ2n) is 6.35. The van der Waals surface area contributed by atoms with E-state index in [1.807, 2.05) is 30.0 Å². The lowest BCUT2D eigenvalue weighted by Crippen LogP contribution is -2.39. The van der Waals surface area contributed by atoms with Crippen LogP contribution in [0.1, 0.15) is 24.8 Å². The van der Waals surface area contributed by atoms with Crippen molar-refractivity contribution in [2.75, 3.05) is 31.5 Å². The first-order valence-electron chi connectivity index (χ1n) is 8.15. The van der Waals surface area contributed by atoms with E-state index in [4.69, 9.17) is 11.6 Å². The average Bonchev–Trinajstić information content (AvgIpc) is 3.35. The molecule has 0 aromatic heterocycles. The molecular formula is C17H22ClN3O2. The van der Waals surface area contributed by atoms with E-state index in [9.17, 15) is 9.59 Å². The maximum Gasteiger partial charge on any atom is 0.321 e. The fraction of sp³-hybridized carbons (Fsp3) is 0.529. The molecular weight excluding hydrogens is 314 g/mol. The summed E-state index contributed by atoms with van der Waals surface area (Å²) in [5, 5.41) is 3.41. The molecule has 1 aliphatic heterocycles. The SMILES string of the molecule is Cc1ccc(NC(=O)N2CCCN(C(=O)C3CC3)CC2)c(Cl)c1. The number of benzene rings is 1. The van der Waals surface area contributed by atoms with Crippen LogP contribution in [-0.4, -0.2) is 47.9 Å². The molecule has 3 amide bonds. The van der Waals surface area contributed by atoms with Crippen LogP contribution in [0.2, 0.25) is 5.02 Å². The van der Waals surface area contributed by atoms with E-state index in [1.165, 1.54) is 0 Å². The van der Waals surface area contributed by atoms with Crippen molar-refractivity contribution >= 4 is 29.2 Å². The molecule has 2 aliphatic rings. The van der Waals surface area contributed by atoms with E-state index < -0.39 is 0 Å². The lowest BCUT2D eigenvalue weighted by molar-refractivity contribution is -0.132. The molecule has 1 saturated heterocycles. The van der Waals surface area contributed by atoms with E-state index >= 15 is 0 Å². The summed E-state index contributed by atoms with van der Waals surface area (Å²) >= 11 is 6.17. The predicted octanol–water partition coefficient (Wildman–Crippen LogP) is 3.12. The Hall–Kier alpha value is -1.75. The van der Waals surface area contributed by atoms with Gasteiger partial charge in [-0.2, -0.15) is 0 Å². The fourth-order valence-electron chi connectivity index (χ4n) is 2.85. The number of aryl methyl sites for hydroxylation is 1. The molecule has 1 aliphatic carbocycles. The van der Waals surface area contributed by atoms with Gasteiger partial charge >= 0.3 is 6.03 Å². The van der Waals surface area contributed by atoms with Crippen molar-refractivity contribution in [3.05, 3.63) is 28.8 Å². The standard InChI is InChI=1S/C17H22ClN3O2/c1-12-3-6-15(14(18)11-12)19-17(23)21-8-2-7-20(9-10-21)16(22)13-4-5-13/h3,6,11,13H,2,4-5,7-10H2,1H3,(H,19,23). The van der Waals surface area contributed by atoms with Gasteiger partial charge in [0, 0.05) is 32.1 Å². The highest BCUT2D eigenvalue weighted by atomic mass is 35.5. The molecule has 0 atom stereocenters. The number of anilines is 1. The number of carbonyl (C=O) groups excluding carboxylic acids is 2. The van der Waals surface area contributed by atoms with Gasteiger partial charge in [0.2, 0.25) is 5.91 Å². The number of carbonyl (C=O) groups is 2. The molecule has 124 valence electrons. The monoisotopic (exact) mass is 335 g/mol. The Morgan fingerprint density at radius 1 is 1.13 bits per heavy atom. The molecule has 1 aromatic rings. The van der Waals surface area contributed by atoms with Gasteiger partial charge in [-0.15, -0.1) is 0 Å². The molecule has 1 heterocycles. The van der Waals surface area contributed by atoms with Gasteiger partial charge in [-0.3, -0.25) is 4.79 Å². The van der Waals surface area contributed by atoms with E-state index in [1.54, 1.807) is 4.90 Å². The fourth-order valence-corrected chi connectivity index (χ4v) is 3.13. The number of amides is 3. The smallest absolute Gasteiger partial charge is 0.321 e. The lowest BCUT2D eigenvalue weighted by atomic mass is 10.2. The number of halogens is 1. The molecule has 5 nitrogen and oxygen atoms in total. The highest BCUT2D eigenvalue weighted by Crippen LogP contribution is 2.31. The number of hydrogen-bond donors (Lipinski definition) is 1. The normalized spacial score (nSPS) is 18.5. The molecule has 3 rings (SSSR count). The van der Waals surface area contributed by atoms with Crippen molar-refractivity contribution in [2.45, 2.75) is 26.2 Å². The zero-order chi connectivity index (χ0) is 16.4. The van der Waals surface area contributed by atoms with Gasteiger partial charge in [0.15, 0.2) is 0 Å². The summed E-state index contributed by atoms with van der Waals surface area (Å²) in [6.07, 6.45) is 2.85. The minimum absolute atomic E-state index is 0.156. The van der Waals surface area contributed by atoms with Gasteiger partial charge in [0.1, 0.15) is 0 Å². The first-order valence-corrected chi connectivity index (χ1v) is 8.53. The highest BCUT2D eigenvalue weighted by molar-refractivity contribution is 6.33. The van der Waals surface area contributed by atoms with Crippen molar-refractivity contribution in [3.63, 3.8) is 0 Å². The molecule has 0 radical (unpaired) electrons. The zero-order valence-electron chi connectivity index (χ0n) is 13.3. The summed E-state index contributed by atoms with van der Waals surface area (Å²) < 4.78 is 0. The van der Waals surface area contributed by atoms with Gasteiger partial charge < -0.3 is 15.1 Å². The summed E-state index contributed by atoms with van der Waals surface area (Å²) in [4.78, 5) is 28.2. The molecule has 0 spiro atoms. The Bertz CT molecular complexity index is 616. The van der Waals surface area contributed by atoms with Crippen LogP contribution in [-0.2, 0) is 4.79 Å². The summed E-state index contributed by atoms with van der Waals surface area (Å²) in [6, 6.07) is 5.41.